The summed E-state index contributed by atoms with van der Waals surface area (Å²) < 4.78 is 0. The topological polar surface area (TPSA) is 17.1 Å². The Morgan fingerprint density at radius 1 is 0.714 bits per heavy atom. The number of unbranched alkanes of at least 4 members (excludes halogenated alkanes) is 6. The van der Waals surface area contributed by atoms with Crippen LogP contribution in [-0.4, -0.2) is 5.78 Å². The molecule has 0 aromatic carbocycles. The summed E-state index contributed by atoms with van der Waals surface area (Å²) >= 11 is 0. The van der Waals surface area contributed by atoms with Crippen molar-refractivity contribution in [3.63, 3.8) is 0 Å². The maximum absolute atomic E-state index is 10.8. The summed E-state index contributed by atoms with van der Waals surface area (Å²) in [6, 6.07) is 0. The average Bonchev–Trinajstić information content (AvgIpc) is 2.46. The molecule has 120 valence electrons. The zero-order valence-corrected chi connectivity index (χ0v) is 14.2. The molecule has 0 radical (unpaired) electrons. The van der Waals surface area contributed by atoms with E-state index in [9.17, 15) is 4.79 Å². The van der Waals surface area contributed by atoms with Crippen LogP contribution in [0.25, 0.3) is 0 Å². The molecule has 0 atom stereocenters. The van der Waals surface area contributed by atoms with Crippen LogP contribution in [0.2, 0.25) is 0 Å². The van der Waals surface area contributed by atoms with Crippen LogP contribution in [0, 0.1) is 0 Å². The SMILES string of the molecule is CCCC=CCC=CCC=CCCCCCCCC(C)=O. The smallest absolute Gasteiger partial charge is 0.129 e. The molecule has 0 bridgehead atoms. The zero-order valence-electron chi connectivity index (χ0n) is 14.2. The van der Waals surface area contributed by atoms with Crippen molar-refractivity contribution >= 4 is 5.78 Å². The van der Waals surface area contributed by atoms with Crippen LogP contribution in [0.5, 0.6) is 0 Å². The third-order valence-corrected chi connectivity index (χ3v) is 3.40. The van der Waals surface area contributed by atoms with E-state index in [-0.39, 0.29) is 0 Å². The summed E-state index contributed by atoms with van der Waals surface area (Å²) in [5, 5.41) is 0. The Morgan fingerprint density at radius 2 is 1.24 bits per heavy atom. The van der Waals surface area contributed by atoms with Crippen molar-refractivity contribution in [2.24, 2.45) is 0 Å². The highest BCUT2D eigenvalue weighted by Gasteiger charge is 1.93. The predicted molar refractivity (Wildman–Crippen MR) is 94.6 cm³/mol. The molecule has 0 aliphatic heterocycles. The third kappa shape index (κ3) is 18.9. The number of rotatable bonds is 14. The zero-order chi connectivity index (χ0) is 15.6. The van der Waals surface area contributed by atoms with Gasteiger partial charge in [0.15, 0.2) is 0 Å². The number of Topliss-reactive ketones (excluding diaryl/α,β-unsaturated/α-hetero) is 1. The maximum atomic E-state index is 10.8. The van der Waals surface area contributed by atoms with Gasteiger partial charge in [-0.2, -0.15) is 0 Å². The van der Waals surface area contributed by atoms with Crippen molar-refractivity contribution in [3.8, 4) is 0 Å². The molecule has 0 amide bonds. The molecule has 1 heteroatoms. The van der Waals surface area contributed by atoms with Crippen LogP contribution in [0.1, 0.15) is 84.5 Å². The number of ketones is 1. The first-order valence-corrected chi connectivity index (χ1v) is 8.71. The van der Waals surface area contributed by atoms with Crippen LogP contribution < -0.4 is 0 Å². The van der Waals surface area contributed by atoms with Crippen LogP contribution in [0.4, 0.5) is 0 Å². The van der Waals surface area contributed by atoms with E-state index in [1.807, 2.05) is 0 Å². The molecule has 0 heterocycles. The number of carbonyl (C=O) groups is 1. The van der Waals surface area contributed by atoms with Crippen molar-refractivity contribution < 1.29 is 4.79 Å². The lowest BCUT2D eigenvalue weighted by Gasteiger charge is -1.98. The van der Waals surface area contributed by atoms with Gasteiger partial charge < -0.3 is 4.79 Å². The molecule has 0 saturated heterocycles. The Balaban J connectivity index is 3.25. The molecule has 0 saturated carbocycles. The Hall–Kier alpha value is -1.11. The second-order valence-electron chi connectivity index (χ2n) is 5.68. The molecule has 0 aromatic heterocycles. The fraction of sp³-hybridized carbons (Fsp3) is 0.650. The lowest BCUT2D eigenvalue weighted by Crippen LogP contribution is -1.89. The van der Waals surface area contributed by atoms with Gasteiger partial charge in [0.05, 0.1) is 0 Å². The van der Waals surface area contributed by atoms with Crippen molar-refractivity contribution in [3.05, 3.63) is 36.5 Å². The van der Waals surface area contributed by atoms with Crippen LogP contribution in [0.15, 0.2) is 36.5 Å². The van der Waals surface area contributed by atoms with E-state index in [0.29, 0.717) is 5.78 Å². The first kappa shape index (κ1) is 19.9. The largest absolute Gasteiger partial charge is 0.300 e. The van der Waals surface area contributed by atoms with Gasteiger partial charge in [0.2, 0.25) is 0 Å². The van der Waals surface area contributed by atoms with E-state index >= 15 is 0 Å². The summed E-state index contributed by atoms with van der Waals surface area (Å²) in [6.07, 6.45) is 26.2. The van der Waals surface area contributed by atoms with Crippen LogP contribution in [0.3, 0.4) is 0 Å². The number of hydrogen-bond donors (Lipinski definition) is 0. The molecular formula is C20H34O. The van der Waals surface area contributed by atoms with E-state index in [2.05, 4.69) is 43.4 Å². The third-order valence-electron chi connectivity index (χ3n) is 3.40. The minimum Gasteiger partial charge on any atom is -0.300 e. The second-order valence-corrected chi connectivity index (χ2v) is 5.68. The molecule has 1 nitrogen and oxygen atoms in total. The van der Waals surface area contributed by atoms with Gasteiger partial charge in [-0.05, 0) is 45.4 Å². The molecule has 21 heavy (non-hydrogen) atoms. The predicted octanol–water partition coefficient (Wildman–Crippen LogP) is 6.56. The fourth-order valence-corrected chi connectivity index (χ4v) is 2.11. The molecule has 0 spiro atoms. The molecule has 0 unspecified atom stereocenters. The second kappa shape index (κ2) is 16.9. The lowest BCUT2D eigenvalue weighted by molar-refractivity contribution is -0.117. The van der Waals surface area contributed by atoms with E-state index in [0.717, 1.165) is 25.7 Å². The standard InChI is InChI=1S/C20H34O/c1-3-4-5-6-7-8-9-10-11-12-13-14-15-16-17-18-19-20(2)21/h5-6,8-9,11-12H,3-4,7,10,13-19H2,1-2H3. The molecule has 0 rings (SSSR count). The highest BCUT2D eigenvalue weighted by molar-refractivity contribution is 5.75. The highest BCUT2D eigenvalue weighted by atomic mass is 16.1. The van der Waals surface area contributed by atoms with Gasteiger partial charge in [-0.25, -0.2) is 0 Å². The Bertz CT molecular complexity index is 310. The molecular weight excluding hydrogens is 256 g/mol. The van der Waals surface area contributed by atoms with Crippen molar-refractivity contribution in [1.29, 1.82) is 0 Å². The lowest BCUT2D eigenvalue weighted by atomic mass is 10.1. The summed E-state index contributed by atoms with van der Waals surface area (Å²) in [7, 11) is 0. The van der Waals surface area contributed by atoms with Crippen LogP contribution >= 0.6 is 0 Å². The van der Waals surface area contributed by atoms with Gasteiger partial charge in [0, 0.05) is 6.42 Å². The number of allylic oxidation sites excluding steroid dienone is 6. The van der Waals surface area contributed by atoms with Gasteiger partial charge >= 0.3 is 0 Å². The van der Waals surface area contributed by atoms with Crippen molar-refractivity contribution in [2.75, 3.05) is 0 Å². The monoisotopic (exact) mass is 290 g/mol. The van der Waals surface area contributed by atoms with Gasteiger partial charge in [-0.15, -0.1) is 0 Å². The van der Waals surface area contributed by atoms with E-state index in [1.54, 1.807) is 6.92 Å². The van der Waals surface area contributed by atoms with E-state index in [4.69, 9.17) is 0 Å². The molecule has 0 N–H and O–H groups in total. The van der Waals surface area contributed by atoms with Crippen LogP contribution in [-0.2, 0) is 4.79 Å². The Morgan fingerprint density at radius 3 is 1.86 bits per heavy atom. The minimum absolute atomic E-state index is 0.326. The number of hydrogen-bond acceptors (Lipinski definition) is 1. The highest BCUT2D eigenvalue weighted by Crippen LogP contribution is 2.08. The minimum atomic E-state index is 0.326. The van der Waals surface area contributed by atoms with E-state index in [1.165, 1.54) is 44.9 Å². The first-order chi connectivity index (χ1) is 10.3. The summed E-state index contributed by atoms with van der Waals surface area (Å²) in [6.45, 7) is 3.89. The normalized spacial score (nSPS) is 12.1. The Labute approximate surface area is 132 Å². The van der Waals surface area contributed by atoms with Gasteiger partial charge in [0.25, 0.3) is 0 Å². The first-order valence-electron chi connectivity index (χ1n) is 8.71. The molecule has 0 aromatic rings. The number of carbonyl (C=O) groups excluding carboxylic acids is 1. The molecule has 0 aliphatic rings. The quantitative estimate of drug-likeness (QED) is 0.262. The molecule has 0 fully saturated rings. The van der Waals surface area contributed by atoms with Gasteiger partial charge in [0.1, 0.15) is 5.78 Å². The fourth-order valence-electron chi connectivity index (χ4n) is 2.11. The van der Waals surface area contributed by atoms with Crippen molar-refractivity contribution in [1.82, 2.24) is 0 Å². The molecule has 0 aliphatic carbocycles. The summed E-state index contributed by atoms with van der Waals surface area (Å²) in [5.74, 6) is 0.326. The average molecular weight is 290 g/mol. The summed E-state index contributed by atoms with van der Waals surface area (Å²) in [5.41, 5.74) is 0. The van der Waals surface area contributed by atoms with E-state index < -0.39 is 0 Å². The van der Waals surface area contributed by atoms with Crippen molar-refractivity contribution in [2.45, 2.75) is 84.5 Å². The summed E-state index contributed by atoms with van der Waals surface area (Å²) in [4.78, 5) is 10.8. The maximum Gasteiger partial charge on any atom is 0.129 e. The van der Waals surface area contributed by atoms with Gasteiger partial charge in [-0.1, -0.05) is 69.1 Å². The Kier molecular flexibility index (Phi) is 16.0. The van der Waals surface area contributed by atoms with Gasteiger partial charge in [-0.3, -0.25) is 0 Å².